The Bertz CT molecular complexity index is 1580. The zero-order valence-electron chi connectivity index (χ0n) is 25.7. The lowest BCUT2D eigenvalue weighted by Crippen LogP contribution is -2.53. The highest BCUT2D eigenvalue weighted by atomic mass is 35.5. The largest absolute Gasteiger partial charge is 0.520 e. The summed E-state index contributed by atoms with van der Waals surface area (Å²) in [4.78, 5) is 29.0. The number of ether oxygens (including phenoxy) is 2. The summed E-state index contributed by atoms with van der Waals surface area (Å²) in [5, 5.41) is 16.5. The van der Waals surface area contributed by atoms with E-state index in [9.17, 15) is 14.7 Å². The average molecular weight is 619 g/mol. The van der Waals surface area contributed by atoms with Crippen LogP contribution in [0.15, 0.2) is 54.6 Å². The molecule has 3 atom stereocenters. The molecule has 0 aliphatic carbocycles. The monoisotopic (exact) mass is 618 g/mol. The SMILES string of the molecule is CNCc1ccc(C(=O)N2CCC[C@@H]([C@@]3(O)CCC[N+](C)(C(=O)OC)c4cc(cc5c4CCO5)-c4c(Cl)cccc43)C2)cc1. The van der Waals surface area contributed by atoms with Crippen LogP contribution >= 0.6 is 11.6 Å². The van der Waals surface area contributed by atoms with Gasteiger partial charge in [-0.3, -0.25) is 4.79 Å². The highest BCUT2D eigenvalue weighted by Gasteiger charge is 2.47. The van der Waals surface area contributed by atoms with E-state index in [0.29, 0.717) is 56.1 Å². The first-order chi connectivity index (χ1) is 21.2. The van der Waals surface area contributed by atoms with Crippen molar-refractivity contribution in [2.45, 2.75) is 44.2 Å². The first kappa shape index (κ1) is 30.6. The van der Waals surface area contributed by atoms with Gasteiger partial charge in [0, 0.05) is 60.6 Å². The number of rotatable bonds is 4. The smallest absolute Gasteiger partial charge is 0.493 e. The van der Waals surface area contributed by atoms with E-state index < -0.39 is 5.60 Å². The van der Waals surface area contributed by atoms with Crippen molar-refractivity contribution in [1.29, 1.82) is 0 Å². The van der Waals surface area contributed by atoms with Gasteiger partial charge in [0.2, 0.25) is 0 Å². The third kappa shape index (κ3) is 5.28. The van der Waals surface area contributed by atoms with Crippen LogP contribution in [0.4, 0.5) is 10.5 Å². The number of amides is 2. The lowest BCUT2D eigenvalue weighted by molar-refractivity contribution is -0.0573. The predicted molar refractivity (Wildman–Crippen MR) is 172 cm³/mol. The van der Waals surface area contributed by atoms with Crippen molar-refractivity contribution in [2.75, 3.05) is 47.4 Å². The number of halogens is 1. The Labute approximate surface area is 264 Å². The zero-order chi connectivity index (χ0) is 31.1. The predicted octanol–water partition coefficient (Wildman–Crippen LogP) is 5.90. The molecule has 0 aromatic heterocycles. The number of carbonyl (C=O) groups excluding carboxylic acids is 2. The fraction of sp³-hybridized carbons (Fsp3) is 0.429. The second-order valence-electron chi connectivity index (χ2n) is 12.5. The molecule has 0 radical (unpaired) electrons. The molecule has 8 nitrogen and oxygen atoms in total. The Hall–Kier alpha value is -3.43. The zero-order valence-corrected chi connectivity index (χ0v) is 26.5. The van der Waals surface area contributed by atoms with E-state index in [1.54, 1.807) is 0 Å². The molecule has 3 aromatic carbocycles. The standard InChI is InChI=1S/C35H41ClN3O5/c1-37-21-23-10-12-24(13-11-23)33(40)38-16-5-7-26(22-38)35(42)15-6-17-39(2,34(41)43-3)30-19-25(20-31-27(30)14-18-44-31)32-28(35)8-4-9-29(32)36/h4,8-13,19-20,26,37,42H,5-7,14-18,21-22H2,1-3H3/q+1/t26-,35+,39?/m1/s1. The van der Waals surface area contributed by atoms with Crippen LogP contribution < -0.4 is 14.5 Å². The van der Waals surface area contributed by atoms with Gasteiger partial charge in [-0.15, -0.1) is 0 Å². The van der Waals surface area contributed by atoms with Crippen LogP contribution in [0.25, 0.3) is 11.1 Å². The topological polar surface area (TPSA) is 88.1 Å². The number of carbonyl (C=O) groups is 2. The van der Waals surface area contributed by atoms with Gasteiger partial charge in [-0.1, -0.05) is 35.9 Å². The van der Waals surface area contributed by atoms with Crippen LogP contribution in [-0.4, -0.2) is 69.5 Å². The van der Waals surface area contributed by atoms with Gasteiger partial charge < -0.3 is 24.8 Å². The maximum Gasteiger partial charge on any atom is 0.520 e. The van der Waals surface area contributed by atoms with Gasteiger partial charge in [-0.25, -0.2) is 0 Å². The van der Waals surface area contributed by atoms with Gasteiger partial charge in [0.25, 0.3) is 5.91 Å². The van der Waals surface area contributed by atoms with E-state index in [0.717, 1.165) is 58.6 Å². The van der Waals surface area contributed by atoms with Gasteiger partial charge in [-0.2, -0.15) is 9.28 Å². The molecule has 0 spiro atoms. The number of hydrogen-bond acceptors (Lipinski definition) is 6. The van der Waals surface area contributed by atoms with Crippen molar-refractivity contribution in [3.8, 4) is 16.9 Å². The highest BCUT2D eigenvalue weighted by molar-refractivity contribution is 6.33. The molecular formula is C35H41ClN3O5+. The fourth-order valence-corrected chi connectivity index (χ4v) is 7.76. The van der Waals surface area contributed by atoms with Crippen molar-refractivity contribution in [3.63, 3.8) is 0 Å². The van der Waals surface area contributed by atoms with Crippen molar-refractivity contribution in [3.05, 3.63) is 81.9 Å². The average Bonchev–Trinajstić information content (AvgIpc) is 3.52. The molecule has 6 rings (SSSR count). The van der Waals surface area contributed by atoms with E-state index in [4.69, 9.17) is 21.1 Å². The van der Waals surface area contributed by atoms with Crippen LogP contribution in [0.3, 0.4) is 0 Å². The summed E-state index contributed by atoms with van der Waals surface area (Å²) in [5.74, 6) is 0.467. The number of hydrogen-bond donors (Lipinski definition) is 2. The molecule has 3 aliphatic rings. The van der Waals surface area contributed by atoms with Crippen molar-refractivity contribution < 1.29 is 24.2 Å². The summed E-state index contributed by atoms with van der Waals surface area (Å²) in [5.41, 5.74) is 4.58. The van der Waals surface area contributed by atoms with E-state index in [1.165, 1.54) is 7.11 Å². The minimum Gasteiger partial charge on any atom is -0.493 e. The van der Waals surface area contributed by atoms with Crippen LogP contribution in [0.5, 0.6) is 5.75 Å². The first-order valence-electron chi connectivity index (χ1n) is 15.5. The fourth-order valence-electron chi connectivity index (χ4n) is 7.48. The van der Waals surface area contributed by atoms with E-state index >= 15 is 0 Å². The molecule has 3 aliphatic heterocycles. The molecule has 44 heavy (non-hydrogen) atoms. The Morgan fingerprint density at radius 3 is 2.73 bits per heavy atom. The Morgan fingerprint density at radius 1 is 1.18 bits per heavy atom. The van der Waals surface area contributed by atoms with Crippen LogP contribution in [0.2, 0.25) is 5.02 Å². The van der Waals surface area contributed by atoms with E-state index in [-0.39, 0.29) is 22.4 Å². The van der Waals surface area contributed by atoms with Crippen molar-refractivity contribution in [2.24, 2.45) is 5.92 Å². The number of methoxy groups -OCH3 is 1. The number of nitrogens with zero attached hydrogens (tertiary/aromatic N) is 2. The summed E-state index contributed by atoms with van der Waals surface area (Å²) < 4.78 is 11.3. The minimum atomic E-state index is -1.30. The van der Waals surface area contributed by atoms with Gasteiger partial charge in [-0.05, 0) is 67.3 Å². The number of aliphatic hydroxyl groups is 1. The van der Waals surface area contributed by atoms with Crippen molar-refractivity contribution >= 4 is 29.3 Å². The number of nitrogens with one attached hydrogen (secondary N) is 1. The molecule has 232 valence electrons. The maximum absolute atomic E-state index is 13.7. The number of fused-ring (bicyclic) bond motifs is 6. The summed E-state index contributed by atoms with van der Waals surface area (Å²) in [6, 6.07) is 17.4. The van der Waals surface area contributed by atoms with Crippen LogP contribution in [-0.2, 0) is 23.3 Å². The number of quaternary nitrogens is 1. The maximum atomic E-state index is 13.7. The molecule has 9 heteroatoms. The minimum absolute atomic E-state index is 0.0316. The quantitative estimate of drug-likeness (QED) is 0.354. The third-order valence-electron chi connectivity index (χ3n) is 9.80. The molecule has 2 bridgehead atoms. The van der Waals surface area contributed by atoms with Gasteiger partial charge in [0.15, 0.2) is 5.69 Å². The van der Waals surface area contributed by atoms with Gasteiger partial charge >= 0.3 is 6.09 Å². The van der Waals surface area contributed by atoms with Gasteiger partial charge in [0.05, 0.1) is 38.5 Å². The molecule has 1 unspecified atom stereocenters. The third-order valence-corrected chi connectivity index (χ3v) is 10.1. The molecule has 3 aromatic rings. The highest BCUT2D eigenvalue weighted by Crippen LogP contribution is 2.50. The van der Waals surface area contributed by atoms with E-state index in [1.807, 2.05) is 73.6 Å². The summed E-state index contributed by atoms with van der Waals surface area (Å²) in [6.07, 6.45) is 2.83. The molecular weight excluding hydrogens is 578 g/mol. The summed E-state index contributed by atoms with van der Waals surface area (Å²) in [7, 11) is 5.18. The van der Waals surface area contributed by atoms with E-state index in [2.05, 4.69) is 5.32 Å². The second-order valence-corrected chi connectivity index (χ2v) is 12.9. The Morgan fingerprint density at radius 2 is 1.98 bits per heavy atom. The molecule has 2 amide bonds. The second kappa shape index (κ2) is 12.2. The number of likely N-dealkylation sites (tertiary alicyclic amines) is 1. The number of benzene rings is 3. The van der Waals surface area contributed by atoms with Crippen LogP contribution in [0, 0.1) is 5.92 Å². The Balaban J connectivity index is 1.42. The molecule has 2 N–H and O–H groups in total. The van der Waals surface area contributed by atoms with Gasteiger partial charge in [0.1, 0.15) is 5.75 Å². The first-order valence-corrected chi connectivity index (χ1v) is 15.9. The lowest BCUT2D eigenvalue weighted by Gasteiger charge is -2.44. The molecule has 3 heterocycles. The Kier molecular flexibility index (Phi) is 8.46. The lowest BCUT2D eigenvalue weighted by atomic mass is 9.71. The summed E-state index contributed by atoms with van der Waals surface area (Å²) >= 11 is 6.97. The molecule has 1 saturated heterocycles. The number of piperidine rings is 1. The van der Waals surface area contributed by atoms with Crippen LogP contribution in [0.1, 0.15) is 52.7 Å². The van der Waals surface area contributed by atoms with Crippen molar-refractivity contribution in [1.82, 2.24) is 14.7 Å². The molecule has 0 saturated carbocycles. The normalized spacial score (nSPS) is 24.6. The molecule has 1 fully saturated rings. The summed E-state index contributed by atoms with van der Waals surface area (Å²) in [6.45, 7) is 2.77.